The van der Waals surface area contributed by atoms with Crippen molar-refractivity contribution in [2.75, 3.05) is 11.9 Å². The van der Waals surface area contributed by atoms with Crippen LogP contribution in [0.25, 0.3) is 11.1 Å². The molecule has 0 bridgehead atoms. The number of fused-ring (bicyclic) bond motifs is 3. The van der Waals surface area contributed by atoms with Crippen LogP contribution in [-0.4, -0.2) is 40.4 Å². The molecule has 0 aliphatic heterocycles. The smallest absolute Gasteiger partial charge is 0.414 e. The summed E-state index contributed by atoms with van der Waals surface area (Å²) in [6.45, 7) is 3.56. The van der Waals surface area contributed by atoms with Crippen LogP contribution in [0.4, 0.5) is 10.7 Å². The fourth-order valence-electron chi connectivity index (χ4n) is 4.03. The monoisotopic (exact) mass is 463 g/mol. The van der Waals surface area contributed by atoms with Gasteiger partial charge in [-0.2, -0.15) is 0 Å². The molecule has 1 aliphatic carbocycles. The number of hydrogen-bond acceptors (Lipinski definition) is 6. The molecule has 0 saturated carbocycles. The van der Waals surface area contributed by atoms with Crippen LogP contribution in [0.1, 0.15) is 54.2 Å². The number of nitrogens with one attached hydrogen (secondary N) is 2. The predicted molar refractivity (Wildman–Crippen MR) is 124 cm³/mol. The Morgan fingerprint density at radius 3 is 2.29 bits per heavy atom. The minimum absolute atomic E-state index is 0.0364. The molecule has 4 rings (SSSR count). The van der Waals surface area contributed by atoms with Crippen molar-refractivity contribution in [1.82, 2.24) is 10.5 Å². The van der Waals surface area contributed by atoms with Gasteiger partial charge in [0.05, 0.1) is 0 Å². The van der Waals surface area contributed by atoms with Crippen LogP contribution < -0.4 is 10.6 Å². The van der Waals surface area contributed by atoms with Gasteiger partial charge in [-0.05, 0) is 42.5 Å². The molecule has 3 aromatic rings. The fraction of sp³-hybridized carbons (Fsp3) is 0.280. The molecular weight excluding hydrogens is 438 g/mol. The van der Waals surface area contributed by atoms with Crippen molar-refractivity contribution >= 4 is 23.9 Å². The first-order valence-corrected chi connectivity index (χ1v) is 10.9. The number of anilines is 1. The number of rotatable bonds is 8. The van der Waals surface area contributed by atoms with E-state index in [1.165, 1.54) is 6.07 Å². The maximum atomic E-state index is 12.4. The van der Waals surface area contributed by atoms with Crippen molar-refractivity contribution in [1.29, 1.82) is 0 Å². The van der Waals surface area contributed by atoms with Gasteiger partial charge in [0, 0.05) is 23.9 Å². The Balaban J connectivity index is 1.34. The van der Waals surface area contributed by atoms with Gasteiger partial charge in [0.25, 0.3) is 5.91 Å². The Hall–Kier alpha value is -4.14. The average Bonchev–Trinajstić information content (AvgIpc) is 3.39. The second kappa shape index (κ2) is 9.38. The maximum absolute atomic E-state index is 12.4. The van der Waals surface area contributed by atoms with Crippen molar-refractivity contribution in [3.05, 3.63) is 71.4 Å². The summed E-state index contributed by atoms with van der Waals surface area (Å²) in [5.74, 6) is -1.61. The SMILES string of the molecule is CC(C)(CCC(=O)O)NC(=O)c1cc(NC(=O)OCC2c3ccccc3-c3ccccc32)on1. The maximum Gasteiger partial charge on any atom is 0.414 e. The highest BCUT2D eigenvalue weighted by atomic mass is 16.6. The molecule has 176 valence electrons. The molecule has 3 N–H and O–H groups in total. The van der Waals surface area contributed by atoms with Crippen LogP contribution in [0.15, 0.2) is 59.1 Å². The van der Waals surface area contributed by atoms with E-state index in [4.69, 9.17) is 14.4 Å². The van der Waals surface area contributed by atoms with Crippen LogP contribution in [0, 0.1) is 0 Å². The van der Waals surface area contributed by atoms with Gasteiger partial charge in [0.15, 0.2) is 5.69 Å². The van der Waals surface area contributed by atoms with Gasteiger partial charge in [0.2, 0.25) is 5.88 Å². The van der Waals surface area contributed by atoms with E-state index in [0.29, 0.717) is 0 Å². The molecule has 1 aromatic heterocycles. The van der Waals surface area contributed by atoms with Gasteiger partial charge in [-0.25, -0.2) is 4.79 Å². The molecule has 0 fully saturated rings. The summed E-state index contributed by atoms with van der Waals surface area (Å²) in [4.78, 5) is 35.6. The summed E-state index contributed by atoms with van der Waals surface area (Å²) in [6.07, 6.45) is -0.566. The minimum atomic E-state index is -0.946. The molecule has 0 atom stereocenters. The number of ether oxygens (including phenoxy) is 1. The number of benzene rings is 2. The first-order valence-electron chi connectivity index (χ1n) is 10.9. The largest absolute Gasteiger partial charge is 0.481 e. The number of carboxylic acids is 1. The number of aromatic nitrogens is 1. The zero-order valence-electron chi connectivity index (χ0n) is 18.8. The average molecular weight is 463 g/mol. The van der Waals surface area contributed by atoms with E-state index in [1.807, 2.05) is 36.4 Å². The molecule has 9 heteroatoms. The number of hydrogen-bond donors (Lipinski definition) is 3. The molecule has 34 heavy (non-hydrogen) atoms. The lowest BCUT2D eigenvalue weighted by Gasteiger charge is -2.24. The van der Waals surface area contributed by atoms with E-state index in [1.54, 1.807) is 13.8 Å². The normalized spacial score (nSPS) is 12.5. The summed E-state index contributed by atoms with van der Waals surface area (Å²) in [5.41, 5.74) is 3.65. The number of carbonyl (C=O) groups excluding carboxylic acids is 2. The summed E-state index contributed by atoms with van der Waals surface area (Å²) in [7, 11) is 0. The molecule has 1 heterocycles. The molecular formula is C25H25N3O6. The number of aliphatic carboxylic acids is 1. The van der Waals surface area contributed by atoms with E-state index >= 15 is 0 Å². The molecule has 9 nitrogen and oxygen atoms in total. The lowest BCUT2D eigenvalue weighted by atomic mass is 9.98. The Bertz CT molecular complexity index is 1190. The van der Waals surface area contributed by atoms with Crippen molar-refractivity contribution < 1.29 is 28.8 Å². The Morgan fingerprint density at radius 2 is 1.68 bits per heavy atom. The van der Waals surface area contributed by atoms with E-state index in [0.717, 1.165) is 22.3 Å². The van der Waals surface area contributed by atoms with Crippen LogP contribution in [0.2, 0.25) is 0 Å². The molecule has 2 aromatic carbocycles. The van der Waals surface area contributed by atoms with Crippen molar-refractivity contribution in [2.45, 2.75) is 38.1 Å². The highest BCUT2D eigenvalue weighted by Gasteiger charge is 2.29. The highest BCUT2D eigenvalue weighted by Crippen LogP contribution is 2.44. The first-order chi connectivity index (χ1) is 16.2. The van der Waals surface area contributed by atoms with Crippen LogP contribution in [0.5, 0.6) is 0 Å². The second-order valence-corrected chi connectivity index (χ2v) is 8.76. The number of carbonyl (C=O) groups is 3. The molecule has 0 saturated heterocycles. The lowest BCUT2D eigenvalue weighted by molar-refractivity contribution is -0.137. The van der Waals surface area contributed by atoms with E-state index in [-0.39, 0.29) is 36.9 Å². The predicted octanol–water partition coefficient (Wildman–Crippen LogP) is 4.41. The van der Waals surface area contributed by atoms with E-state index < -0.39 is 23.5 Å². The molecule has 0 unspecified atom stereocenters. The fourth-order valence-corrected chi connectivity index (χ4v) is 4.03. The quantitative estimate of drug-likeness (QED) is 0.451. The third kappa shape index (κ3) is 5.09. The van der Waals surface area contributed by atoms with E-state index in [9.17, 15) is 14.4 Å². The number of carboxylic acid groups (broad SMARTS) is 1. The number of nitrogens with zero attached hydrogens (tertiary/aromatic N) is 1. The molecule has 1 aliphatic rings. The second-order valence-electron chi connectivity index (χ2n) is 8.76. The first kappa shape index (κ1) is 23.0. The lowest BCUT2D eigenvalue weighted by Crippen LogP contribution is -2.43. The van der Waals surface area contributed by atoms with Crippen molar-refractivity contribution in [2.24, 2.45) is 0 Å². The molecule has 2 amide bonds. The van der Waals surface area contributed by atoms with Gasteiger partial charge >= 0.3 is 12.1 Å². The minimum Gasteiger partial charge on any atom is -0.481 e. The van der Waals surface area contributed by atoms with Crippen LogP contribution in [-0.2, 0) is 9.53 Å². The summed E-state index contributed by atoms with van der Waals surface area (Å²) < 4.78 is 10.5. The summed E-state index contributed by atoms with van der Waals surface area (Å²) in [6, 6.07) is 17.3. The Labute approximate surface area is 196 Å². The summed E-state index contributed by atoms with van der Waals surface area (Å²) >= 11 is 0. The van der Waals surface area contributed by atoms with Gasteiger partial charge in [-0.3, -0.25) is 14.9 Å². The zero-order chi connectivity index (χ0) is 24.3. The topological polar surface area (TPSA) is 131 Å². The van der Waals surface area contributed by atoms with Crippen LogP contribution >= 0.6 is 0 Å². The third-order valence-corrected chi connectivity index (χ3v) is 5.73. The van der Waals surface area contributed by atoms with Gasteiger partial charge < -0.3 is 19.7 Å². The van der Waals surface area contributed by atoms with Gasteiger partial charge in [0.1, 0.15) is 6.61 Å². The van der Waals surface area contributed by atoms with Gasteiger partial charge in [-0.15, -0.1) is 0 Å². The Morgan fingerprint density at radius 1 is 1.06 bits per heavy atom. The zero-order valence-corrected chi connectivity index (χ0v) is 18.8. The van der Waals surface area contributed by atoms with Crippen molar-refractivity contribution in [3.63, 3.8) is 0 Å². The number of amides is 2. The van der Waals surface area contributed by atoms with E-state index in [2.05, 4.69) is 27.9 Å². The molecule has 0 spiro atoms. The standard InChI is InChI=1S/C25H25N3O6/c1-25(2,12-11-22(29)30)27-23(31)20-13-21(34-28-20)26-24(32)33-14-19-17-9-5-3-7-15(17)16-8-4-6-10-18(16)19/h3-10,13,19H,11-12,14H2,1-2H3,(H,26,32)(H,27,31)(H,29,30). The Kier molecular flexibility index (Phi) is 6.36. The van der Waals surface area contributed by atoms with Gasteiger partial charge in [-0.1, -0.05) is 53.7 Å². The molecule has 0 radical (unpaired) electrons. The van der Waals surface area contributed by atoms with Crippen molar-refractivity contribution in [3.8, 4) is 11.1 Å². The van der Waals surface area contributed by atoms with Crippen LogP contribution in [0.3, 0.4) is 0 Å². The third-order valence-electron chi connectivity index (χ3n) is 5.73. The highest BCUT2D eigenvalue weighted by molar-refractivity contribution is 5.94. The summed E-state index contributed by atoms with van der Waals surface area (Å²) in [5, 5.41) is 17.7.